The largest absolute Gasteiger partial charge is 0.416 e. The lowest BCUT2D eigenvalue weighted by Gasteiger charge is -2.28. The minimum Gasteiger partial charge on any atom is -0.391 e. The van der Waals surface area contributed by atoms with Crippen LogP contribution in [0.5, 0.6) is 0 Å². The molecule has 4 nitrogen and oxygen atoms in total. The minimum absolute atomic E-state index is 0.145. The maximum absolute atomic E-state index is 12.9. The van der Waals surface area contributed by atoms with Gasteiger partial charge in [0, 0.05) is 12.6 Å². The molecule has 1 heterocycles. The lowest BCUT2D eigenvalue weighted by atomic mass is 10.0. The van der Waals surface area contributed by atoms with E-state index >= 15 is 0 Å². The van der Waals surface area contributed by atoms with E-state index in [9.17, 15) is 23.1 Å². The van der Waals surface area contributed by atoms with Gasteiger partial charge < -0.3 is 10.0 Å². The Morgan fingerprint density at radius 3 is 2.67 bits per heavy atom. The van der Waals surface area contributed by atoms with Crippen LogP contribution >= 0.6 is 0 Å². The quantitative estimate of drug-likeness (QED) is 0.913. The zero-order valence-electron chi connectivity index (χ0n) is 14.0. The van der Waals surface area contributed by atoms with Gasteiger partial charge in [0.2, 0.25) is 5.91 Å². The number of carbonyl (C=O) groups excluding carboxylic acids is 1. The molecule has 24 heavy (non-hydrogen) atoms. The van der Waals surface area contributed by atoms with Crippen LogP contribution in [0.1, 0.15) is 37.4 Å². The van der Waals surface area contributed by atoms with Crippen LogP contribution in [0, 0.1) is 0 Å². The summed E-state index contributed by atoms with van der Waals surface area (Å²) in [6, 6.07) is 4.63. The molecule has 1 aliphatic heterocycles. The number of amides is 1. The van der Waals surface area contributed by atoms with Crippen molar-refractivity contribution in [1.82, 2.24) is 9.80 Å². The molecule has 1 saturated heterocycles. The molecule has 0 saturated carbocycles. The molecular weight excluding hydrogens is 321 g/mol. The molecule has 2 rings (SSSR count). The smallest absolute Gasteiger partial charge is 0.391 e. The SMILES string of the molecule is CC(C)N(C)CC(=O)N1CC(O)CC1c1cccc(C(F)(F)F)c1. The Morgan fingerprint density at radius 1 is 1.42 bits per heavy atom. The number of benzene rings is 1. The number of rotatable bonds is 4. The normalized spacial score (nSPS) is 21.8. The number of likely N-dealkylation sites (tertiary alicyclic amines) is 1. The predicted molar refractivity (Wildman–Crippen MR) is 84.3 cm³/mol. The average Bonchev–Trinajstić information content (AvgIpc) is 2.88. The second kappa shape index (κ2) is 7.11. The predicted octanol–water partition coefficient (Wildman–Crippen LogP) is 2.68. The Balaban J connectivity index is 2.23. The molecule has 0 spiro atoms. The van der Waals surface area contributed by atoms with E-state index in [1.54, 1.807) is 6.07 Å². The molecule has 1 N–H and O–H groups in total. The summed E-state index contributed by atoms with van der Waals surface area (Å²) in [7, 11) is 1.81. The maximum atomic E-state index is 12.9. The van der Waals surface area contributed by atoms with Crippen molar-refractivity contribution < 1.29 is 23.1 Å². The fourth-order valence-electron chi connectivity index (χ4n) is 2.81. The zero-order valence-corrected chi connectivity index (χ0v) is 14.0. The van der Waals surface area contributed by atoms with Gasteiger partial charge in [-0.1, -0.05) is 12.1 Å². The first-order valence-electron chi connectivity index (χ1n) is 7.94. The van der Waals surface area contributed by atoms with Gasteiger partial charge in [0.05, 0.1) is 24.3 Å². The number of halogens is 3. The summed E-state index contributed by atoms with van der Waals surface area (Å²) in [5.74, 6) is -0.190. The van der Waals surface area contributed by atoms with Crippen molar-refractivity contribution in [2.45, 2.75) is 44.6 Å². The number of hydrogen-bond donors (Lipinski definition) is 1. The van der Waals surface area contributed by atoms with E-state index < -0.39 is 23.9 Å². The van der Waals surface area contributed by atoms with E-state index in [0.29, 0.717) is 5.56 Å². The number of carbonyl (C=O) groups is 1. The Hall–Kier alpha value is -1.60. The molecule has 2 unspecified atom stereocenters. The summed E-state index contributed by atoms with van der Waals surface area (Å²) < 4.78 is 38.7. The zero-order chi connectivity index (χ0) is 18.1. The average molecular weight is 344 g/mol. The molecule has 1 aromatic carbocycles. The van der Waals surface area contributed by atoms with Crippen molar-refractivity contribution in [1.29, 1.82) is 0 Å². The number of alkyl halides is 3. The van der Waals surface area contributed by atoms with Crippen molar-refractivity contribution in [3.05, 3.63) is 35.4 Å². The summed E-state index contributed by atoms with van der Waals surface area (Å²) in [5, 5.41) is 9.92. The summed E-state index contributed by atoms with van der Waals surface area (Å²) in [5.41, 5.74) is -0.338. The van der Waals surface area contributed by atoms with Gasteiger partial charge in [0.25, 0.3) is 0 Å². The highest BCUT2D eigenvalue weighted by atomic mass is 19.4. The molecule has 1 fully saturated rings. The third-order valence-electron chi connectivity index (χ3n) is 4.46. The van der Waals surface area contributed by atoms with Gasteiger partial charge >= 0.3 is 6.18 Å². The lowest BCUT2D eigenvalue weighted by molar-refractivity contribution is -0.137. The van der Waals surface area contributed by atoms with Crippen LogP contribution in [-0.4, -0.2) is 53.1 Å². The van der Waals surface area contributed by atoms with E-state index in [-0.39, 0.29) is 31.5 Å². The van der Waals surface area contributed by atoms with Crippen molar-refractivity contribution in [2.24, 2.45) is 0 Å². The van der Waals surface area contributed by atoms with Crippen LogP contribution in [0.4, 0.5) is 13.2 Å². The van der Waals surface area contributed by atoms with Crippen LogP contribution in [0.2, 0.25) is 0 Å². The Morgan fingerprint density at radius 2 is 2.08 bits per heavy atom. The first-order valence-corrected chi connectivity index (χ1v) is 7.94. The third-order valence-corrected chi connectivity index (χ3v) is 4.46. The van der Waals surface area contributed by atoms with Gasteiger partial charge in [-0.15, -0.1) is 0 Å². The molecule has 7 heteroatoms. The number of aliphatic hydroxyl groups excluding tert-OH is 1. The highest BCUT2D eigenvalue weighted by Gasteiger charge is 2.37. The number of hydrogen-bond acceptors (Lipinski definition) is 3. The standard InChI is InChI=1S/C17H23F3N2O2/c1-11(2)21(3)10-16(24)22-9-14(23)8-15(22)12-5-4-6-13(7-12)17(18,19)20/h4-7,11,14-15,23H,8-10H2,1-3H3. The highest BCUT2D eigenvalue weighted by Crippen LogP contribution is 2.36. The molecule has 1 aromatic rings. The Bertz CT molecular complexity index is 589. The molecule has 0 aliphatic carbocycles. The molecule has 1 aliphatic rings. The summed E-state index contributed by atoms with van der Waals surface area (Å²) in [6.45, 7) is 4.22. The van der Waals surface area contributed by atoms with E-state index in [1.165, 1.54) is 11.0 Å². The second-order valence-corrected chi connectivity index (χ2v) is 6.58. The van der Waals surface area contributed by atoms with E-state index in [4.69, 9.17) is 0 Å². The fraction of sp³-hybridized carbons (Fsp3) is 0.588. The minimum atomic E-state index is -4.43. The van der Waals surface area contributed by atoms with Crippen molar-refractivity contribution in [2.75, 3.05) is 20.1 Å². The molecular formula is C17H23F3N2O2. The van der Waals surface area contributed by atoms with Crippen LogP contribution in [0.15, 0.2) is 24.3 Å². The molecule has 134 valence electrons. The number of β-amino-alcohol motifs (C(OH)–C–C–N with tert-alkyl or cyclic N) is 1. The van der Waals surface area contributed by atoms with E-state index in [1.807, 2.05) is 25.8 Å². The molecule has 2 atom stereocenters. The molecule has 0 bridgehead atoms. The fourth-order valence-corrected chi connectivity index (χ4v) is 2.81. The topological polar surface area (TPSA) is 43.8 Å². The van der Waals surface area contributed by atoms with Crippen molar-refractivity contribution >= 4 is 5.91 Å². The monoisotopic (exact) mass is 344 g/mol. The molecule has 1 amide bonds. The van der Waals surface area contributed by atoms with E-state index in [2.05, 4.69) is 0 Å². The van der Waals surface area contributed by atoms with Gasteiger partial charge in [0.1, 0.15) is 0 Å². The van der Waals surface area contributed by atoms with Crippen molar-refractivity contribution in [3.8, 4) is 0 Å². The Kier molecular flexibility index (Phi) is 5.55. The van der Waals surface area contributed by atoms with Gasteiger partial charge in [-0.3, -0.25) is 9.69 Å². The summed E-state index contributed by atoms with van der Waals surface area (Å²) in [4.78, 5) is 15.9. The van der Waals surface area contributed by atoms with Gasteiger partial charge in [-0.05, 0) is 45.0 Å². The van der Waals surface area contributed by atoms with Crippen LogP contribution < -0.4 is 0 Å². The first-order chi connectivity index (χ1) is 11.1. The highest BCUT2D eigenvalue weighted by molar-refractivity contribution is 5.79. The molecule has 0 aromatic heterocycles. The van der Waals surface area contributed by atoms with Crippen LogP contribution in [-0.2, 0) is 11.0 Å². The van der Waals surface area contributed by atoms with Gasteiger partial charge in [-0.25, -0.2) is 0 Å². The third kappa shape index (κ3) is 4.27. The summed E-state index contributed by atoms with van der Waals surface area (Å²) >= 11 is 0. The van der Waals surface area contributed by atoms with Crippen LogP contribution in [0.3, 0.4) is 0 Å². The number of nitrogens with zero attached hydrogens (tertiary/aromatic N) is 2. The molecule has 0 radical (unpaired) electrons. The van der Waals surface area contributed by atoms with E-state index in [0.717, 1.165) is 12.1 Å². The maximum Gasteiger partial charge on any atom is 0.416 e. The van der Waals surface area contributed by atoms with Gasteiger partial charge in [0.15, 0.2) is 0 Å². The van der Waals surface area contributed by atoms with Gasteiger partial charge in [-0.2, -0.15) is 13.2 Å². The second-order valence-electron chi connectivity index (χ2n) is 6.58. The van der Waals surface area contributed by atoms with Crippen molar-refractivity contribution in [3.63, 3.8) is 0 Å². The Labute approximate surface area is 139 Å². The number of likely N-dealkylation sites (N-methyl/N-ethyl adjacent to an activating group) is 1. The lowest BCUT2D eigenvalue weighted by Crippen LogP contribution is -2.41. The number of aliphatic hydroxyl groups is 1. The van der Waals surface area contributed by atoms with Crippen LogP contribution in [0.25, 0.3) is 0 Å². The first kappa shape index (κ1) is 18.7. The summed E-state index contributed by atoms with van der Waals surface area (Å²) in [6.07, 6.45) is -4.91.